The van der Waals surface area contributed by atoms with E-state index in [0.29, 0.717) is 0 Å². The van der Waals surface area contributed by atoms with Gasteiger partial charge in [0.2, 0.25) is 27.2 Å². The Bertz CT molecular complexity index is 2570. The maximum Gasteiger partial charge on any atom is 0.340 e. The normalized spacial score (nSPS) is 12.2. The first kappa shape index (κ1) is 58.6. The van der Waals surface area contributed by atoms with Crippen molar-refractivity contribution in [1.82, 2.24) is 9.80 Å². The van der Waals surface area contributed by atoms with Crippen LogP contribution in [0.2, 0.25) is 0 Å². The van der Waals surface area contributed by atoms with Crippen molar-refractivity contribution in [3.8, 4) is 23.0 Å². The van der Waals surface area contributed by atoms with Crippen molar-refractivity contribution in [2.75, 3.05) is 53.4 Å². The highest BCUT2D eigenvalue weighted by molar-refractivity contribution is 6.00. The molecule has 5 rings (SSSR count). The predicted octanol–water partition coefficient (Wildman–Crippen LogP) is 2.30. The molecule has 2 aliphatic heterocycles. The van der Waals surface area contributed by atoms with Crippen LogP contribution in [0.4, 0.5) is 0 Å². The molecule has 3 aromatic rings. The van der Waals surface area contributed by atoms with Gasteiger partial charge in [-0.2, -0.15) is 0 Å². The smallest absolute Gasteiger partial charge is 0.340 e. The zero-order chi connectivity index (χ0) is 54.4. The minimum absolute atomic E-state index is 0. The van der Waals surface area contributed by atoms with Gasteiger partial charge in [0.15, 0.2) is 5.60 Å². The van der Waals surface area contributed by atoms with Crippen molar-refractivity contribution in [3.05, 3.63) is 81.4 Å². The van der Waals surface area contributed by atoms with Crippen LogP contribution in [-0.2, 0) is 109 Å². The molecule has 27 heteroatoms. The summed E-state index contributed by atoms with van der Waals surface area (Å²) in [5.74, 6) is -13.1. The van der Waals surface area contributed by atoms with E-state index in [4.69, 9.17) is 56.8 Å². The second kappa shape index (κ2) is 26.1. The third-order valence-corrected chi connectivity index (χ3v) is 10.1. The molecule has 402 valence electrons. The molecule has 2 heterocycles. The molecule has 75 heavy (non-hydrogen) atoms. The fraction of sp³-hybridized carbons (Fsp3) is 0.375. The highest BCUT2D eigenvalue weighted by Gasteiger charge is 2.55. The molecule has 0 saturated carbocycles. The zero-order valence-electron chi connectivity index (χ0n) is 40.3. The molecule has 1 spiro atoms. The first-order valence-electron chi connectivity index (χ1n) is 21.6. The van der Waals surface area contributed by atoms with Gasteiger partial charge in [0.25, 0.3) is 0 Å². The molecule has 0 amide bonds. The molecule has 0 bridgehead atoms. The quantitative estimate of drug-likeness (QED) is 0.0616. The van der Waals surface area contributed by atoms with Crippen molar-refractivity contribution in [2.45, 2.75) is 67.7 Å². The summed E-state index contributed by atoms with van der Waals surface area (Å²) in [5.41, 5.74) is -3.20. The molecular formula is C48H50N2O25. The van der Waals surface area contributed by atoms with E-state index in [-0.39, 0.29) is 69.4 Å². The van der Waals surface area contributed by atoms with Gasteiger partial charge in [0.05, 0.1) is 48.4 Å². The van der Waals surface area contributed by atoms with Gasteiger partial charge in [0.1, 0.15) is 23.0 Å². The average Bonchev–Trinajstić information content (AvgIpc) is 3.58. The van der Waals surface area contributed by atoms with E-state index < -0.39 is 144 Å². The number of rotatable bonds is 23. The molecule has 0 atom stereocenters. The summed E-state index contributed by atoms with van der Waals surface area (Å²) in [6.07, 6.45) is 0. The first-order chi connectivity index (χ1) is 35.0. The van der Waals surface area contributed by atoms with E-state index in [1.165, 1.54) is 36.4 Å². The Balaban J connectivity index is 0.0000122. The summed E-state index contributed by atoms with van der Waals surface area (Å²) >= 11 is 0. The maximum absolute atomic E-state index is 14.1. The van der Waals surface area contributed by atoms with Gasteiger partial charge < -0.3 is 61.9 Å². The number of aromatic carboxylic acids is 1. The molecule has 2 aliphatic rings. The summed E-state index contributed by atoms with van der Waals surface area (Å²) < 4.78 is 63.2. The summed E-state index contributed by atoms with van der Waals surface area (Å²) in [7, 11) is 0. The van der Waals surface area contributed by atoms with E-state index in [0.717, 1.165) is 57.4 Å². The largest absolute Gasteiger partial charge is 0.478 e. The molecule has 0 radical (unpaired) electrons. The molecule has 27 nitrogen and oxygen atoms in total. The predicted molar refractivity (Wildman–Crippen MR) is 242 cm³/mol. The number of hydrogen-bond donors (Lipinski definition) is 1. The third-order valence-electron chi connectivity index (χ3n) is 10.1. The minimum atomic E-state index is -2.17. The number of carboxylic acids is 1. The van der Waals surface area contributed by atoms with E-state index in [2.05, 4.69) is 0 Å². The van der Waals surface area contributed by atoms with Crippen molar-refractivity contribution in [1.29, 1.82) is 0 Å². The van der Waals surface area contributed by atoms with Gasteiger partial charge in [0, 0.05) is 71.3 Å². The maximum atomic E-state index is 14.1. The number of carboxylic acid groups (broad SMARTS) is 1. The Morgan fingerprint density at radius 1 is 0.493 bits per heavy atom. The zero-order valence-corrected chi connectivity index (χ0v) is 40.3. The topological polar surface area (TPSA) is 342 Å². The highest BCUT2D eigenvalue weighted by Crippen LogP contribution is 2.59. The second-order valence-corrected chi connectivity index (χ2v) is 15.6. The molecule has 0 saturated heterocycles. The Hall–Kier alpha value is -8.98. The van der Waals surface area contributed by atoms with Gasteiger partial charge >= 0.3 is 71.6 Å². The monoisotopic (exact) mass is 1050 g/mol. The Morgan fingerprint density at radius 2 is 0.840 bits per heavy atom. The van der Waals surface area contributed by atoms with Gasteiger partial charge in [-0.15, -0.1) is 0 Å². The van der Waals surface area contributed by atoms with Crippen LogP contribution in [0.15, 0.2) is 42.5 Å². The SMILES string of the molecule is C.CC(=O)OCOC(=O)CN(CC(=O)OCOC(C)=O)Cc1c(OC(C)=O)ccc2c1Oc1c(ccc(OC(C)=O)c1CN(CC(=O)OCOC(C)=O)CC(=O)OCOC(C)=O)C21OC(=O)c2cc(C(=O)O)ccc21. The fourth-order valence-electron chi connectivity index (χ4n) is 7.27. The van der Waals surface area contributed by atoms with Crippen molar-refractivity contribution < 1.29 is 119 Å². The van der Waals surface area contributed by atoms with Crippen LogP contribution in [0, 0.1) is 0 Å². The second-order valence-electron chi connectivity index (χ2n) is 15.6. The van der Waals surface area contributed by atoms with E-state index >= 15 is 0 Å². The summed E-state index contributed by atoms with van der Waals surface area (Å²) in [6.45, 7) is -1.58. The number of fused-ring (bicyclic) bond motifs is 6. The summed E-state index contributed by atoms with van der Waals surface area (Å²) in [4.78, 5) is 153. The Kier molecular flexibility index (Phi) is 20.4. The fourth-order valence-corrected chi connectivity index (χ4v) is 7.27. The molecule has 0 unspecified atom stereocenters. The van der Waals surface area contributed by atoms with Crippen LogP contribution in [0.1, 0.15) is 97.5 Å². The molecule has 0 fully saturated rings. The number of benzene rings is 3. The number of nitrogens with zero attached hydrogens (tertiary/aromatic N) is 2. The third kappa shape index (κ3) is 15.5. The minimum Gasteiger partial charge on any atom is -0.478 e. The summed E-state index contributed by atoms with van der Waals surface area (Å²) in [6, 6.07) is 8.72. The van der Waals surface area contributed by atoms with Crippen LogP contribution < -0.4 is 14.2 Å². The first-order valence-corrected chi connectivity index (χ1v) is 21.6. The van der Waals surface area contributed by atoms with Crippen LogP contribution in [0.5, 0.6) is 23.0 Å². The lowest BCUT2D eigenvalue weighted by Gasteiger charge is -2.39. The average molecular weight is 1050 g/mol. The number of carbonyl (C=O) groups excluding carboxylic acids is 11. The summed E-state index contributed by atoms with van der Waals surface area (Å²) in [5, 5.41) is 9.92. The van der Waals surface area contributed by atoms with Crippen LogP contribution in [0.25, 0.3) is 0 Å². The standard InChI is InChI=1S/C47H46N2O25.CH4/c1-24(50)63-20-67-39(56)16-48(17-40(57)68-21-64-25(2)51)14-32-37(71-28(5)54)11-9-35-43(32)73-44-33(15-49(18-41(58)69-22-65-26(3)52)19-42(59)70-23-66-27(4)53)38(72-29(6)55)12-10-36(44)47(35)34-8-7-30(45(60)61)13-31(34)46(62)74-47;/h7-13H,14-23H2,1-6H3,(H,60,61);1H4. The lowest BCUT2D eigenvalue weighted by molar-refractivity contribution is -0.171. The molecule has 1 N–H and O–H groups in total. The van der Waals surface area contributed by atoms with Gasteiger partial charge in [-0.25, -0.2) is 9.59 Å². The van der Waals surface area contributed by atoms with Gasteiger partial charge in [-0.3, -0.25) is 57.7 Å². The highest BCUT2D eigenvalue weighted by atomic mass is 16.7. The molecular weight excluding hydrogens is 1000 g/mol. The number of ether oxygens (including phenoxy) is 12. The molecule has 0 aliphatic carbocycles. The number of carbonyl (C=O) groups is 12. The van der Waals surface area contributed by atoms with Crippen molar-refractivity contribution >= 4 is 71.6 Å². The van der Waals surface area contributed by atoms with Gasteiger partial charge in [-0.05, 0) is 36.4 Å². The van der Waals surface area contributed by atoms with Gasteiger partial charge in [-0.1, -0.05) is 13.5 Å². The molecule has 0 aromatic heterocycles. The Morgan fingerprint density at radius 3 is 1.16 bits per heavy atom. The van der Waals surface area contributed by atoms with Crippen molar-refractivity contribution in [3.63, 3.8) is 0 Å². The van der Waals surface area contributed by atoms with E-state index in [1.807, 2.05) is 0 Å². The lowest BCUT2D eigenvalue weighted by Crippen LogP contribution is -2.38. The lowest BCUT2D eigenvalue weighted by atomic mass is 9.76. The van der Waals surface area contributed by atoms with Crippen LogP contribution in [0.3, 0.4) is 0 Å². The van der Waals surface area contributed by atoms with Crippen molar-refractivity contribution in [2.24, 2.45) is 0 Å². The number of esters is 11. The van der Waals surface area contributed by atoms with Crippen LogP contribution >= 0.6 is 0 Å². The molecule has 3 aromatic carbocycles. The van der Waals surface area contributed by atoms with E-state index in [1.54, 1.807) is 0 Å². The number of hydrogen-bond acceptors (Lipinski definition) is 26. The Labute approximate surface area is 425 Å². The van der Waals surface area contributed by atoms with E-state index in [9.17, 15) is 62.6 Å². The van der Waals surface area contributed by atoms with Crippen LogP contribution in [-0.4, -0.2) is 140 Å².